The van der Waals surface area contributed by atoms with Gasteiger partial charge in [0.2, 0.25) is 0 Å². The molecule has 0 aromatic carbocycles. The molecule has 2 heterocycles. The monoisotopic (exact) mass is 178 g/mol. The molecule has 13 heavy (non-hydrogen) atoms. The number of hydrogen-bond acceptors (Lipinski definition) is 4. The van der Waals surface area contributed by atoms with Crippen molar-refractivity contribution in [1.82, 2.24) is 15.6 Å². The van der Waals surface area contributed by atoms with Crippen LogP contribution < -0.4 is 10.7 Å². The Balaban J connectivity index is 2.02. The van der Waals surface area contributed by atoms with Gasteiger partial charge in [0, 0.05) is 32.4 Å². The lowest BCUT2D eigenvalue weighted by Crippen LogP contribution is -2.46. The van der Waals surface area contributed by atoms with Gasteiger partial charge in [0.05, 0.1) is 0 Å². The maximum absolute atomic E-state index is 4.24. The first-order valence-electron chi connectivity index (χ1n) is 4.59. The fraction of sp³-hybridized carbons (Fsp3) is 0.444. The Labute approximate surface area is 78.0 Å². The van der Waals surface area contributed by atoms with Crippen LogP contribution in [0.4, 0.5) is 0 Å². The summed E-state index contributed by atoms with van der Waals surface area (Å²) in [7, 11) is 0. The first-order chi connectivity index (χ1) is 6.47. The fourth-order valence-corrected chi connectivity index (χ4v) is 1.45. The molecule has 0 atom stereocenters. The van der Waals surface area contributed by atoms with E-state index in [4.69, 9.17) is 0 Å². The zero-order valence-electron chi connectivity index (χ0n) is 7.53. The molecular formula is C9H14N4. The highest BCUT2D eigenvalue weighted by atomic mass is 15.3. The molecule has 4 nitrogen and oxygen atoms in total. The van der Waals surface area contributed by atoms with Crippen LogP contribution >= 0.6 is 0 Å². The smallest absolute Gasteiger partial charge is 0.148 e. The van der Waals surface area contributed by atoms with E-state index in [2.05, 4.69) is 20.7 Å². The van der Waals surface area contributed by atoms with E-state index in [1.165, 1.54) is 0 Å². The van der Waals surface area contributed by atoms with E-state index in [0.29, 0.717) is 0 Å². The van der Waals surface area contributed by atoms with Crippen molar-refractivity contribution >= 4 is 5.84 Å². The first-order valence-corrected chi connectivity index (χ1v) is 4.59. The molecule has 2 aliphatic heterocycles. The van der Waals surface area contributed by atoms with E-state index in [1.807, 2.05) is 24.4 Å². The van der Waals surface area contributed by atoms with Gasteiger partial charge in [0.15, 0.2) is 0 Å². The van der Waals surface area contributed by atoms with Crippen LogP contribution in [-0.2, 0) is 0 Å². The maximum atomic E-state index is 4.24. The molecule has 0 saturated carbocycles. The molecule has 0 amide bonds. The number of rotatable bonds is 0. The quantitative estimate of drug-likeness (QED) is 0.543. The lowest BCUT2D eigenvalue weighted by molar-refractivity contribution is 0.357. The summed E-state index contributed by atoms with van der Waals surface area (Å²) in [6.07, 6.45) is 7.80. The minimum absolute atomic E-state index is 1.02. The van der Waals surface area contributed by atoms with Crippen LogP contribution in [0.25, 0.3) is 0 Å². The van der Waals surface area contributed by atoms with Crippen molar-refractivity contribution in [3.63, 3.8) is 0 Å². The zero-order chi connectivity index (χ0) is 8.93. The van der Waals surface area contributed by atoms with Gasteiger partial charge in [0.1, 0.15) is 5.84 Å². The van der Waals surface area contributed by atoms with Crippen LogP contribution in [0.15, 0.2) is 29.5 Å². The standard InChI is InChI=1S/C9H14N4/c1-2-4-11-12-9(3-1)13-7-5-10-6-8-13/h1-4,10-11H,5-8H2. The van der Waals surface area contributed by atoms with Crippen molar-refractivity contribution in [1.29, 1.82) is 0 Å². The summed E-state index contributed by atoms with van der Waals surface area (Å²) in [5, 5.41) is 7.55. The van der Waals surface area contributed by atoms with E-state index < -0.39 is 0 Å². The van der Waals surface area contributed by atoms with Gasteiger partial charge in [-0.2, -0.15) is 5.10 Å². The largest absolute Gasteiger partial charge is 0.353 e. The second kappa shape index (κ2) is 4.09. The van der Waals surface area contributed by atoms with Crippen molar-refractivity contribution in [2.75, 3.05) is 26.2 Å². The number of hydrazone groups is 1. The fourth-order valence-electron chi connectivity index (χ4n) is 1.45. The molecule has 0 spiro atoms. The van der Waals surface area contributed by atoms with Gasteiger partial charge in [0.25, 0.3) is 0 Å². The van der Waals surface area contributed by atoms with Crippen LogP contribution in [-0.4, -0.2) is 36.9 Å². The molecule has 70 valence electrons. The van der Waals surface area contributed by atoms with Gasteiger partial charge in [-0.3, -0.25) is 5.43 Å². The Hall–Kier alpha value is -1.29. The highest BCUT2D eigenvalue weighted by Gasteiger charge is 2.12. The third-order valence-corrected chi connectivity index (χ3v) is 2.15. The zero-order valence-corrected chi connectivity index (χ0v) is 7.53. The van der Waals surface area contributed by atoms with Crippen molar-refractivity contribution in [2.24, 2.45) is 5.10 Å². The summed E-state index contributed by atoms with van der Waals surface area (Å²) >= 11 is 0. The van der Waals surface area contributed by atoms with Crippen molar-refractivity contribution in [3.05, 3.63) is 24.4 Å². The molecule has 2 N–H and O–H groups in total. The molecule has 1 saturated heterocycles. The summed E-state index contributed by atoms with van der Waals surface area (Å²) in [6.45, 7) is 4.15. The molecule has 2 aliphatic rings. The number of nitrogens with one attached hydrogen (secondary N) is 2. The summed E-state index contributed by atoms with van der Waals surface area (Å²) in [4.78, 5) is 2.27. The van der Waals surface area contributed by atoms with Gasteiger partial charge in [-0.05, 0) is 12.2 Å². The van der Waals surface area contributed by atoms with Gasteiger partial charge in [-0.25, -0.2) is 0 Å². The summed E-state index contributed by atoms with van der Waals surface area (Å²) in [6, 6.07) is 0. The van der Waals surface area contributed by atoms with Crippen LogP contribution in [0.3, 0.4) is 0 Å². The summed E-state index contributed by atoms with van der Waals surface area (Å²) < 4.78 is 0. The second-order valence-electron chi connectivity index (χ2n) is 3.05. The Morgan fingerprint density at radius 3 is 2.92 bits per heavy atom. The van der Waals surface area contributed by atoms with Crippen molar-refractivity contribution in [2.45, 2.75) is 0 Å². The molecule has 2 rings (SSSR count). The number of hydrogen-bond donors (Lipinski definition) is 2. The molecule has 0 bridgehead atoms. The minimum Gasteiger partial charge on any atom is -0.353 e. The van der Waals surface area contributed by atoms with Crippen LogP contribution in [0.5, 0.6) is 0 Å². The van der Waals surface area contributed by atoms with Gasteiger partial charge >= 0.3 is 0 Å². The lowest BCUT2D eigenvalue weighted by atomic mass is 10.3. The minimum atomic E-state index is 1.02. The van der Waals surface area contributed by atoms with Crippen molar-refractivity contribution < 1.29 is 0 Å². The SMILES string of the molecule is C1=CNN=C(N2CCNCC2)C=C1. The first kappa shape index (κ1) is 8.31. The van der Waals surface area contributed by atoms with E-state index in [0.717, 1.165) is 32.0 Å². The molecule has 0 radical (unpaired) electrons. The number of allylic oxidation sites excluding steroid dienone is 2. The Morgan fingerprint density at radius 2 is 2.08 bits per heavy atom. The topological polar surface area (TPSA) is 39.7 Å². The molecule has 0 aliphatic carbocycles. The molecule has 0 aromatic heterocycles. The predicted octanol–water partition coefficient (Wildman–Crippen LogP) is -0.122. The highest BCUT2D eigenvalue weighted by Crippen LogP contribution is 1.98. The van der Waals surface area contributed by atoms with E-state index >= 15 is 0 Å². The summed E-state index contributed by atoms with van der Waals surface area (Å²) in [5.41, 5.74) is 2.88. The van der Waals surface area contributed by atoms with E-state index in [9.17, 15) is 0 Å². The Bertz CT molecular complexity index is 248. The number of piperazine rings is 1. The molecular weight excluding hydrogens is 164 g/mol. The highest BCUT2D eigenvalue weighted by molar-refractivity contribution is 5.93. The molecule has 1 fully saturated rings. The summed E-state index contributed by atoms with van der Waals surface area (Å²) in [5.74, 6) is 1.02. The van der Waals surface area contributed by atoms with Crippen LogP contribution in [0, 0.1) is 0 Å². The molecule has 0 aromatic rings. The molecule has 4 heteroatoms. The predicted molar refractivity (Wildman–Crippen MR) is 53.3 cm³/mol. The number of nitrogens with zero attached hydrogens (tertiary/aromatic N) is 2. The average Bonchev–Trinajstić information content (AvgIpc) is 2.47. The Morgan fingerprint density at radius 1 is 1.23 bits per heavy atom. The van der Waals surface area contributed by atoms with Crippen molar-refractivity contribution in [3.8, 4) is 0 Å². The van der Waals surface area contributed by atoms with Gasteiger partial charge < -0.3 is 10.2 Å². The Kier molecular flexibility index (Phi) is 2.62. The average molecular weight is 178 g/mol. The lowest BCUT2D eigenvalue weighted by Gasteiger charge is -2.28. The molecule has 0 unspecified atom stereocenters. The van der Waals surface area contributed by atoms with Crippen LogP contribution in [0.2, 0.25) is 0 Å². The van der Waals surface area contributed by atoms with Gasteiger partial charge in [-0.15, -0.1) is 0 Å². The van der Waals surface area contributed by atoms with Crippen LogP contribution in [0.1, 0.15) is 0 Å². The van der Waals surface area contributed by atoms with Gasteiger partial charge in [-0.1, -0.05) is 6.08 Å². The third-order valence-electron chi connectivity index (χ3n) is 2.15. The second-order valence-corrected chi connectivity index (χ2v) is 3.05. The van der Waals surface area contributed by atoms with E-state index in [-0.39, 0.29) is 0 Å². The maximum Gasteiger partial charge on any atom is 0.148 e. The van der Waals surface area contributed by atoms with E-state index in [1.54, 1.807) is 0 Å². The normalized spacial score (nSPS) is 22.2. The third kappa shape index (κ3) is 2.09. The number of amidine groups is 1.